The molecule has 0 radical (unpaired) electrons. The Hall–Kier alpha value is -2.84. The van der Waals surface area contributed by atoms with E-state index in [-0.39, 0.29) is 17.7 Å². The molecule has 3 amide bonds. The molecule has 0 bridgehead atoms. The van der Waals surface area contributed by atoms with Crippen molar-refractivity contribution in [2.24, 2.45) is 0 Å². The van der Waals surface area contributed by atoms with Crippen LogP contribution in [0.15, 0.2) is 46.9 Å². The number of carbonyl (C=O) groups excluding carboxylic acids is 2. The summed E-state index contributed by atoms with van der Waals surface area (Å²) in [4.78, 5) is 33.8. The number of aromatic hydroxyl groups is 1. The molecule has 8 heteroatoms. The first kappa shape index (κ1) is 21.0. The number of H-pyrrole nitrogens is 1. The topological polar surface area (TPSA) is 88.7 Å². The van der Waals surface area contributed by atoms with E-state index in [2.05, 4.69) is 32.3 Å². The molecule has 0 unspecified atom stereocenters. The number of phenols is 1. The minimum atomic E-state index is -1.00. The summed E-state index contributed by atoms with van der Waals surface area (Å²) in [5, 5.41) is 14.3. The molecule has 32 heavy (non-hydrogen) atoms. The van der Waals surface area contributed by atoms with Gasteiger partial charge in [-0.05, 0) is 68.4 Å². The summed E-state index contributed by atoms with van der Waals surface area (Å²) in [7, 11) is 1.85. The molecule has 0 saturated carbocycles. The number of fused-ring (bicyclic) bond motifs is 4. The molecular weight excluding hydrogens is 472 g/mol. The molecule has 166 valence electrons. The van der Waals surface area contributed by atoms with Gasteiger partial charge in [-0.2, -0.15) is 0 Å². The van der Waals surface area contributed by atoms with Crippen LogP contribution < -0.4 is 5.32 Å². The predicted molar refractivity (Wildman–Crippen MR) is 126 cm³/mol. The molecule has 2 aliphatic heterocycles. The summed E-state index contributed by atoms with van der Waals surface area (Å²) in [5.41, 5.74) is 2.64. The fraction of sp³-hybridized carbons (Fsp3) is 0.333. The third kappa shape index (κ3) is 3.04. The van der Waals surface area contributed by atoms with Crippen molar-refractivity contribution in [3.8, 4) is 5.75 Å². The van der Waals surface area contributed by atoms with Crippen LogP contribution in [0.5, 0.6) is 5.75 Å². The van der Waals surface area contributed by atoms with E-state index < -0.39 is 11.6 Å². The highest BCUT2D eigenvalue weighted by molar-refractivity contribution is 9.10. The van der Waals surface area contributed by atoms with Gasteiger partial charge in [-0.1, -0.05) is 28.1 Å². The fourth-order valence-electron chi connectivity index (χ4n) is 5.14. The van der Waals surface area contributed by atoms with Crippen LogP contribution in [-0.2, 0) is 11.2 Å². The van der Waals surface area contributed by atoms with Gasteiger partial charge < -0.3 is 15.4 Å². The zero-order chi connectivity index (χ0) is 22.6. The van der Waals surface area contributed by atoms with Crippen molar-refractivity contribution >= 4 is 38.8 Å². The Morgan fingerprint density at radius 3 is 2.81 bits per heavy atom. The third-order valence-corrected chi connectivity index (χ3v) is 7.12. The van der Waals surface area contributed by atoms with Crippen molar-refractivity contribution in [2.75, 3.05) is 20.1 Å². The maximum atomic E-state index is 13.6. The highest BCUT2D eigenvalue weighted by Gasteiger charge is 2.60. The lowest BCUT2D eigenvalue weighted by Crippen LogP contribution is -2.53. The lowest BCUT2D eigenvalue weighted by Gasteiger charge is -2.42. The second-order valence-electron chi connectivity index (χ2n) is 8.72. The molecule has 0 aliphatic carbocycles. The van der Waals surface area contributed by atoms with Gasteiger partial charge in [0.15, 0.2) is 0 Å². The largest absolute Gasteiger partial charge is 0.508 e. The van der Waals surface area contributed by atoms with E-state index in [1.807, 2.05) is 32.2 Å². The fourth-order valence-corrected chi connectivity index (χ4v) is 5.50. The van der Waals surface area contributed by atoms with Gasteiger partial charge in [-0.25, -0.2) is 4.79 Å². The molecule has 2 atom stereocenters. The summed E-state index contributed by atoms with van der Waals surface area (Å²) >= 11 is 3.56. The molecule has 1 aromatic heterocycles. The maximum absolute atomic E-state index is 13.6. The number of nitrogens with zero attached hydrogens (tertiary/aromatic N) is 2. The lowest BCUT2D eigenvalue weighted by molar-refractivity contribution is -0.133. The molecule has 5 rings (SSSR count). The SMILES string of the molecule is CNCCCN1C(=O)N2[C@H](c3cccc(O)c3)c3[nH]c4ccc(Br)cc4c3C[C@@]2(C)C1=O. The number of halogens is 1. The van der Waals surface area contributed by atoms with Crippen molar-refractivity contribution < 1.29 is 14.7 Å². The number of phenolic OH excluding ortho intramolecular Hbond substituents is 1. The van der Waals surface area contributed by atoms with Crippen molar-refractivity contribution in [3.63, 3.8) is 0 Å². The number of amides is 3. The number of imide groups is 1. The van der Waals surface area contributed by atoms with Crippen LogP contribution in [0.2, 0.25) is 0 Å². The highest BCUT2D eigenvalue weighted by Crippen LogP contribution is 2.49. The lowest BCUT2D eigenvalue weighted by atomic mass is 9.81. The Morgan fingerprint density at radius 1 is 1.25 bits per heavy atom. The number of hydrogen-bond acceptors (Lipinski definition) is 4. The minimum Gasteiger partial charge on any atom is -0.508 e. The summed E-state index contributed by atoms with van der Waals surface area (Å²) in [6.45, 7) is 2.96. The van der Waals surface area contributed by atoms with Gasteiger partial charge in [0.25, 0.3) is 5.91 Å². The summed E-state index contributed by atoms with van der Waals surface area (Å²) in [5.74, 6) is -0.0437. The van der Waals surface area contributed by atoms with E-state index >= 15 is 0 Å². The molecule has 3 aromatic rings. The summed E-state index contributed by atoms with van der Waals surface area (Å²) in [6.07, 6.45) is 1.12. The normalized spacial score (nSPS) is 22.5. The molecule has 7 nitrogen and oxygen atoms in total. The van der Waals surface area contributed by atoms with Crippen molar-refractivity contribution in [1.29, 1.82) is 0 Å². The Kier molecular flexibility index (Phi) is 5.02. The average molecular weight is 497 g/mol. The first-order chi connectivity index (χ1) is 15.3. The molecular formula is C24H25BrN4O3. The van der Waals surface area contributed by atoms with Crippen molar-refractivity contribution in [3.05, 3.63) is 63.8 Å². The van der Waals surface area contributed by atoms with Crippen molar-refractivity contribution in [2.45, 2.75) is 31.3 Å². The quantitative estimate of drug-likeness (QED) is 0.369. The number of hydrogen-bond donors (Lipinski definition) is 3. The second-order valence-corrected chi connectivity index (χ2v) is 9.64. The van der Waals surface area contributed by atoms with Crippen LogP contribution in [-0.4, -0.2) is 57.5 Å². The first-order valence-corrected chi connectivity index (χ1v) is 11.5. The van der Waals surface area contributed by atoms with Gasteiger partial charge in [-0.3, -0.25) is 14.6 Å². The van der Waals surface area contributed by atoms with Crippen molar-refractivity contribution in [1.82, 2.24) is 20.1 Å². The summed E-state index contributed by atoms with van der Waals surface area (Å²) < 4.78 is 0.954. The highest BCUT2D eigenvalue weighted by atomic mass is 79.9. The van der Waals surface area contributed by atoms with Gasteiger partial charge in [0.05, 0.1) is 0 Å². The molecule has 3 N–H and O–H groups in total. The van der Waals surface area contributed by atoms with Crippen LogP contribution in [0, 0.1) is 0 Å². The van der Waals surface area contributed by atoms with Crippen LogP contribution in [0.25, 0.3) is 10.9 Å². The van der Waals surface area contributed by atoms with E-state index in [0.29, 0.717) is 19.4 Å². The number of benzene rings is 2. The minimum absolute atomic E-state index is 0.124. The molecule has 1 saturated heterocycles. The van der Waals surface area contributed by atoms with E-state index in [9.17, 15) is 14.7 Å². The average Bonchev–Trinajstić information content (AvgIpc) is 3.20. The van der Waals surface area contributed by atoms with E-state index in [4.69, 9.17) is 0 Å². The number of aromatic nitrogens is 1. The van der Waals surface area contributed by atoms with Crippen LogP contribution in [0.3, 0.4) is 0 Å². The van der Waals surface area contributed by atoms with Crippen LogP contribution in [0.1, 0.15) is 36.2 Å². The van der Waals surface area contributed by atoms with E-state index in [0.717, 1.165) is 38.7 Å². The summed E-state index contributed by atoms with van der Waals surface area (Å²) in [6, 6.07) is 12.2. The molecule has 2 aliphatic rings. The standard InChI is InChI=1S/C24H25BrN4O3/c1-24-13-18-17-12-15(25)7-8-19(17)27-20(18)21(14-5-3-6-16(30)11-14)29(24)23(32)28(22(24)31)10-4-9-26-2/h3,5-8,11-12,21,26-27,30H,4,9-10,13H2,1-2H3/t21-,24+/m1/s1. The second kappa shape index (κ2) is 7.64. The Balaban J connectivity index is 1.70. The number of rotatable bonds is 5. The zero-order valence-corrected chi connectivity index (χ0v) is 19.6. The van der Waals surface area contributed by atoms with Crippen LogP contribution >= 0.6 is 15.9 Å². The van der Waals surface area contributed by atoms with Gasteiger partial charge in [0, 0.05) is 34.0 Å². The smallest absolute Gasteiger partial charge is 0.328 e. The van der Waals surface area contributed by atoms with Crippen LogP contribution in [0.4, 0.5) is 4.79 Å². The molecule has 1 fully saturated rings. The Morgan fingerprint density at radius 2 is 2.06 bits per heavy atom. The van der Waals surface area contributed by atoms with E-state index in [1.54, 1.807) is 23.1 Å². The predicted octanol–water partition coefficient (Wildman–Crippen LogP) is 3.91. The van der Waals surface area contributed by atoms with Gasteiger partial charge in [0.1, 0.15) is 17.3 Å². The molecule has 2 aromatic carbocycles. The first-order valence-electron chi connectivity index (χ1n) is 10.7. The number of carbonyl (C=O) groups is 2. The van der Waals surface area contributed by atoms with Gasteiger partial charge >= 0.3 is 6.03 Å². The molecule has 3 heterocycles. The number of aromatic amines is 1. The monoisotopic (exact) mass is 496 g/mol. The van der Waals surface area contributed by atoms with E-state index in [1.165, 1.54) is 4.90 Å². The Labute approximate surface area is 194 Å². The Bertz CT molecular complexity index is 1240. The van der Waals surface area contributed by atoms with Gasteiger partial charge in [0.2, 0.25) is 0 Å². The molecule has 0 spiro atoms. The van der Waals surface area contributed by atoms with Gasteiger partial charge in [-0.15, -0.1) is 0 Å². The number of nitrogens with one attached hydrogen (secondary N) is 2. The third-order valence-electron chi connectivity index (χ3n) is 6.62. The zero-order valence-electron chi connectivity index (χ0n) is 18.0. The number of urea groups is 1. The maximum Gasteiger partial charge on any atom is 0.328 e.